The molecule has 0 spiro atoms. The van der Waals surface area contributed by atoms with Crippen LogP contribution in [0.5, 0.6) is 0 Å². The molecule has 1 aliphatic rings. The van der Waals surface area contributed by atoms with Gasteiger partial charge in [-0.2, -0.15) is 0 Å². The Hall–Kier alpha value is 0.387. The number of nitrogens with one attached hydrogen (secondary N) is 1. The van der Waals surface area contributed by atoms with Crippen LogP contribution in [0.3, 0.4) is 0 Å². The zero-order valence-electron chi connectivity index (χ0n) is 15.2. The molecule has 0 amide bonds. The summed E-state index contributed by atoms with van der Waals surface area (Å²) >= 11 is 0. The van der Waals surface area contributed by atoms with Gasteiger partial charge in [-0.05, 0) is 26.3 Å². The fourth-order valence-corrected chi connectivity index (χ4v) is 7.06. The third kappa shape index (κ3) is 6.00. The molecule has 23 heavy (non-hydrogen) atoms. The monoisotopic (exact) mass is 538 g/mol. The molecule has 1 aromatic rings. The minimum absolute atomic E-state index is 0. The maximum Gasteiger partial charge on any atom is 0.131 e. The van der Waals surface area contributed by atoms with Gasteiger partial charge in [0.1, 0.15) is 8.24 Å². The number of rotatable bonds is 3. The van der Waals surface area contributed by atoms with Crippen LogP contribution in [0.15, 0.2) is 30.3 Å². The first kappa shape index (κ1) is 25.6. The number of allylic oxidation sites excluding steroid dienone is 1. The average molecular weight is 538 g/mol. The molecule has 0 saturated heterocycles. The molecular weight excluding hydrogens is 510 g/mol. The second-order valence-corrected chi connectivity index (χ2v) is 11.9. The summed E-state index contributed by atoms with van der Waals surface area (Å²) in [5.74, 6) is 0. The fraction of sp³-hybridized carbons (Fsp3) is 0.529. The van der Waals surface area contributed by atoms with Gasteiger partial charge in [-0.1, -0.05) is 43.4 Å². The normalized spacial score (nSPS) is 16.3. The van der Waals surface area contributed by atoms with Gasteiger partial charge in [0.25, 0.3) is 0 Å². The molecule has 0 heterocycles. The van der Waals surface area contributed by atoms with Crippen molar-refractivity contribution in [2.24, 2.45) is 0 Å². The topological polar surface area (TPSA) is 15.3 Å². The first-order chi connectivity index (χ1) is 9.12. The van der Waals surface area contributed by atoms with Gasteiger partial charge >= 0.3 is 0 Å². The maximum atomic E-state index is 3.91. The van der Waals surface area contributed by atoms with Crippen LogP contribution in [-0.4, -0.2) is 32.8 Å². The summed E-state index contributed by atoms with van der Waals surface area (Å²) in [6.07, 6.45) is 2.47. The summed E-state index contributed by atoms with van der Waals surface area (Å²) in [4.78, 5) is 6.15. The largest absolute Gasteiger partial charge is 1.00 e. The molecular formula is C17H28Cl2HfN2Si-2. The number of benzene rings is 1. The summed E-state index contributed by atoms with van der Waals surface area (Å²) < 4.78 is 0. The van der Waals surface area contributed by atoms with Crippen LogP contribution in [0, 0.1) is 0 Å². The van der Waals surface area contributed by atoms with Crippen molar-refractivity contribution in [3.8, 4) is 0 Å². The second kappa shape index (κ2) is 9.19. The average Bonchev–Trinajstić information content (AvgIpc) is 2.65. The number of fused-ring (bicyclic) bond motifs is 1. The molecule has 2 nitrogen and oxygen atoms in total. The Morgan fingerprint density at radius 1 is 1.04 bits per heavy atom. The van der Waals surface area contributed by atoms with Gasteiger partial charge in [-0.3, -0.25) is 0 Å². The standard InChI is InChI=1S/C17H28N2Si.2ClH.Hf/c1-17(2,3)18-20(6,7)16-12-15(19(4)5)13-10-8-9-11-14(13)16;;;/h8-12,16,18H,1-7H3;2*1H;/p-2. The van der Waals surface area contributed by atoms with E-state index >= 15 is 0 Å². The Balaban J connectivity index is 0. The number of halogens is 2. The van der Waals surface area contributed by atoms with E-state index in [2.05, 4.69) is 88.2 Å². The van der Waals surface area contributed by atoms with Crippen molar-refractivity contribution >= 4 is 13.9 Å². The molecule has 0 fully saturated rings. The van der Waals surface area contributed by atoms with Crippen LogP contribution in [0.2, 0.25) is 13.1 Å². The Morgan fingerprint density at radius 2 is 1.57 bits per heavy atom. The zero-order chi connectivity index (χ0) is 15.1. The summed E-state index contributed by atoms with van der Waals surface area (Å²) in [6, 6.07) is 8.86. The SMILES string of the molecule is CN(C)C1=CC([Si](C)(C)NC(C)(C)C)c2ccccc21.[Cl-].[Cl-].[Hf]. The van der Waals surface area contributed by atoms with Gasteiger partial charge in [-0.25, -0.2) is 0 Å². The summed E-state index contributed by atoms with van der Waals surface area (Å²) in [5, 5.41) is 0. The van der Waals surface area contributed by atoms with Gasteiger partial charge in [0, 0.05) is 62.3 Å². The van der Waals surface area contributed by atoms with Crippen LogP contribution < -0.4 is 29.8 Å². The van der Waals surface area contributed by atoms with Crippen LogP contribution in [0.25, 0.3) is 5.70 Å². The third-order valence-corrected chi connectivity index (χ3v) is 7.28. The van der Waals surface area contributed by atoms with Crippen molar-refractivity contribution in [2.45, 2.75) is 44.9 Å². The van der Waals surface area contributed by atoms with Crippen LogP contribution in [-0.2, 0) is 25.8 Å². The molecule has 1 N–H and O–H groups in total. The van der Waals surface area contributed by atoms with E-state index < -0.39 is 8.24 Å². The van der Waals surface area contributed by atoms with Crippen molar-refractivity contribution in [1.82, 2.24) is 9.88 Å². The first-order valence-electron chi connectivity index (χ1n) is 7.39. The molecule has 0 aromatic heterocycles. The quantitative estimate of drug-likeness (QED) is 0.442. The van der Waals surface area contributed by atoms with Crippen LogP contribution >= 0.6 is 0 Å². The molecule has 1 unspecified atom stereocenters. The molecule has 0 radical (unpaired) electrons. The van der Waals surface area contributed by atoms with Crippen molar-refractivity contribution in [2.75, 3.05) is 14.1 Å². The molecule has 0 aliphatic heterocycles. The molecule has 1 aromatic carbocycles. The van der Waals surface area contributed by atoms with E-state index in [4.69, 9.17) is 0 Å². The van der Waals surface area contributed by atoms with Crippen molar-refractivity contribution < 1.29 is 50.7 Å². The van der Waals surface area contributed by atoms with E-state index in [0.29, 0.717) is 5.54 Å². The van der Waals surface area contributed by atoms with E-state index in [9.17, 15) is 0 Å². The second-order valence-electron chi connectivity index (χ2n) is 7.61. The minimum atomic E-state index is -1.60. The number of nitrogens with zero attached hydrogens (tertiary/aromatic N) is 1. The Morgan fingerprint density at radius 3 is 2.04 bits per heavy atom. The summed E-state index contributed by atoms with van der Waals surface area (Å²) in [7, 11) is 2.67. The van der Waals surface area contributed by atoms with Crippen molar-refractivity contribution in [3.63, 3.8) is 0 Å². The van der Waals surface area contributed by atoms with Crippen molar-refractivity contribution in [3.05, 3.63) is 41.5 Å². The number of hydrogen-bond acceptors (Lipinski definition) is 2. The summed E-state index contributed by atoms with van der Waals surface area (Å²) in [5.41, 5.74) is 4.96. The number of hydrogen-bond donors (Lipinski definition) is 1. The molecule has 1 aliphatic carbocycles. The molecule has 6 heteroatoms. The molecule has 0 bridgehead atoms. The fourth-order valence-electron chi connectivity index (χ4n) is 3.37. The summed E-state index contributed by atoms with van der Waals surface area (Å²) in [6.45, 7) is 11.7. The maximum absolute atomic E-state index is 3.91. The van der Waals surface area contributed by atoms with E-state index in [0.717, 1.165) is 0 Å². The van der Waals surface area contributed by atoms with Gasteiger partial charge in [0.2, 0.25) is 0 Å². The van der Waals surface area contributed by atoms with Gasteiger partial charge in [0.05, 0.1) is 0 Å². The van der Waals surface area contributed by atoms with Crippen molar-refractivity contribution in [1.29, 1.82) is 0 Å². The van der Waals surface area contributed by atoms with Crippen LogP contribution in [0.4, 0.5) is 0 Å². The first-order valence-corrected chi connectivity index (χ1v) is 10.5. The van der Waals surface area contributed by atoms with Gasteiger partial charge < -0.3 is 34.7 Å². The molecule has 1 atom stereocenters. The molecule has 130 valence electrons. The van der Waals surface area contributed by atoms with E-state index in [-0.39, 0.29) is 56.2 Å². The Bertz CT molecular complexity index is 540. The Labute approximate surface area is 174 Å². The Kier molecular flexibility index (Phi) is 10.2. The zero-order valence-corrected chi connectivity index (χ0v) is 21.3. The smallest absolute Gasteiger partial charge is 0.131 e. The predicted molar refractivity (Wildman–Crippen MR) is 91.2 cm³/mol. The third-order valence-electron chi connectivity index (χ3n) is 3.85. The minimum Gasteiger partial charge on any atom is -1.00 e. The van der Waals surface area contributed by atoms with Gasteiger partial charge in [0.15, 0.2) is 0 Å². The van der Waals surface area contributed by atoms with E-state index in [1.165, 1.54) is 16.8 Å². The predicted octanol–water partition coefficient (Wildman–Crippen LogP) is -2.18. The van der Waals surface area contributed by atoms with E-state index in [1.54, 1.807) is 0 Å². The van der Waals surface area contributed by atoms with E-state index in [1.807, 2.05) is 0 Å². The van der Waals surface area contributed by atoms with Crippen LogP contribution in [0.1, 0.15) is 37.4 Å². The van der Waals surface area contributed by atoms with Gasteiger partial charge in [-0.15, -0.1) is 0 Å². The molecule has 2 rings (SSSR count). The molecule has 0 saturated carbocycles.